The number of hydrogen-bond acceptors (Lipinski definition) is 1. The van der Waals surface area contributed by atoms with Crippen LogP contribution in [0.3, 0.4) is 0 Å². The summed E-state index contributed by atoms with van der Waals surface area (Å²) in [5.41, 5.74) is 2.06. The number of rotatable bonds is 5. The van der Waals surface area contributed by atoms with Crippen LogP contribution in [0, 0.1) is 12.7 Å². The van der Waals surface area contributed by atoms with Gasteiger partial charge in [0.2, 0.25) is 0 Å². The van der Waals surface area contributed by atoms with E-state index in [9.17, 15) is 4.39 Å². The molecule has 2 aromatic carbocycles. The van der Waals surface area contributed by atoms with Crippen LogP contribution in [0.25, 0.3) is 0 Å². The average molecular weight is 323 g/mol. The topological polar surface area (TPSA) is 9.23 Å². The molecular formula is C16H16BrFO. The molecule has 0 aromatic heterocycles. The summed E-state index contributed by atoms with van der Waals surface area (Å²) >= 11 is 3.52. The van der Waals surface area contributed by atoms with E-state index in [-0.39, 0.29) is 11.7 Å². The van der Waals surface area contributed by atoms with Crippen LogP contribution in [-0.2, 0) is 0 Å². The van der Waals surface area contributed by atoms with Gasteiger partial charge in [0.05, 0.1) is 6.61 Å². The molecule has 3 heteroatoms. The molecule has 0 saturated heterocycles. The van der Waals surface area contributed by atoms with Gasteiger partial charge in [0.1, 0.15) is 11.6 Å². The molecule has 2 rings (SSSR count). The lowest BCUT2D eigenvalue weighted by molar-refractivity contribution is 0.295. The monoisotopic (exact) mass is 322 g/mol. The van der Waals surface area contributed by atoms with E-state index in [2.05, 4.69) is 28.1 Å². The minimum Gasteiger partial charge on any atom is -0.493 e. The van der Waals surface area contributed by atoms with Crippen molar-refractivity contribution >= 4 is 15.9 Å². The van der Waals surface area contributed by atoms with Crippen molar-refractivity contribution in [3.8, 4) is 5.75 Å². The Bertz CT molecular complexity index is 528. The Kier molecular flexibility index (Phi) is 4.97. The lowest BCUT2D eigenvalue weighted by Crippen LogP contribution is -2.12. The normalized spacial score (nSPS) is 12.2. The van der Waals surface area contributed by atoms with Crippen molar-refractivity contribution in [2.45, 2.75) is 12.8 Å². The first kappa shape index (κ1) is 14.1. The van der Waals surface area contributed by atoms with Crippen LogP contribution in [0.15, 0.2) is 48.5 Å². The highest BCUT2D eigenvalue weighted by atomic mass is 79.9. The van der Waals surface area contributed by atoms with E-state index < -0.39 is 0 Å². The molecule has 0 radical (unpaired) electrons. The molecule has 0 saturated carbocycles. The van der Waals surface area contributed by atoms with Gasteiger partial charge in [-0.2, -0.15) is 0 Å². The van der Waals surface area contributed by atoms with Crippen LogP contribution in [0.4, 0.5) is 4.39 Å². The number of aryl methyl sites for hydroxylation is 1. The summed E-state index contributed by atoms with van der Waals surface area (Å²) in [6.07, 6.45) is 0. The summed E-state index contributed by atoms with van der Waals surface area (Å²) in [6, 6.07) is 14.8. The van der Waals surface area contributed by atoms with Gasteiger partial charge in [0, 0.05) is 11.2 Å². The van der Waals surface area contributed by atoms with Gasteiger partial charge in [-0.25, -0.2) is 4.39 Å². The zero-order chi connectivity index (χ0) is 13.7. The van der Waals surface area contributed by atoms with Gasteiger partial charge in [-0.15, -0.1) is 0 Å². The average Bonchev–Trinajstić information content (AvgIpc) is 2.43. The molecule has 1 unspecified atom stereocenters. The Morgan fingerprint density at radius 2 is 1.89 bits per heavy atom. The second-order valence-corrected chi connectivity index (χ2v) is 5.13. The van der Waals surface area contributed by atoms with Gasteiger partial charge in [-0.3, -0.25) is 0 Å². The fourth-order valence-electron chi connectivity index (χ4n) is 1.92. The predicted octanol–water partition coefficient (Wildman–Crippen LogP) is 4.69. The van der Waals surface area contributed by atoms with E-state index in [1.54, 1.807) is 6.07 Å². The molecule has 0 fully saturated rings. The van der Waals surface area contributed by atoms with Gasteiger partial charge >= 0.3 is 0 Å². The fraction of sp³-hybridized carbons (Fsp3) is 0.250. The number of alkyl halides is 1. The van der Waals surface area contributed by atoms with Crippen molar-refractivity contribution in [3.63, 3.8) is 0 Å². The molecule has 1 nitrogen and oxygen atoms in total. The second kappa shape index (κ2) is 6.71. The highest BCUT2D eigenvalue weighted by Crippen LogP contribution is 2.23. The predicted molar refractivity (Wildman–Crippen MR) is 79.6 cm³/mol. The lowest BCUT2D eigenvalue weighted by Gasteiger charge is -2.16. The van der Waals surface area contributed by atoms with Crippen LogP contribution >= 0.6 is 15.9 Å². The zero-order valence-corrected chi connectivity index (χ0v) is 12.4. The van der Waals surface area contributed by atoms with Gasteiger partial charge in [-0.05, 0) is 36.2 Å². The fourth-order valence-corrected chi connectivity index (χ4v) is 2.48. The van der Waals surface area contributed by atoms with Crippen LogP contribution in [0.5, 0.6) is 5.75 Å². The standard InChI is InChI=1S/C16H16BrFO/c1-12-9-15(18)7-8-16(12)19-11-14(10-17)13-5-3-2-4-6-13/h2-9,14H,10-11H2,1H3. The maximum atomic E-state index is 13.0. The summed E-state index contributed by atoms with van der Waals surface area (Å²) in [7, 11) is 0. The summed E-state index contributed by atoms with van der Waals surface area (Å²) in [5.74, 6) is 0.791. The van der Waals surface area contributed by atoms with E-state index >= 15 is 0 Å². The number of benzene rings is 2. The van der Waals surface area contributed by atoms with Crippen molar-refractivity contribution in [1.29, 1.82) is 0 Å². The quantitative estimate of drug-likeness (QED) is 0.725. The first-order valence-corrected chi connectivity index (χ1v) is 7.32. The molecule has 0 aliphatic carbocycles. The molecule has 2 aromatic rings. The van der Waals surface area contributed by atoms with Crippen LogP contribution in [-0.4, -0.2) is 11.9 Å². The summed E-state index contributed by atoms with van der Waals surface area (Å²) < 4.78 is 18.8. The molecule has 19 heavy (non-hydrogen) atoms. The second-order valence-electron chi connectivity index (χ2n) is 4.48. The molecule has 1 atom stereocenters. The molecule has 0 bridgehead atoms. The van der Waals surface area contributed by atoms with E-state index in [4.69, 9.17) is 4.74 Å². The van der Waals surface area contributed by atoms with Gasteiger partial charge in [-0.1, -0.05) is 46.3 Å². The summed E-state index contributed by atoms with van der Waals surface area (Å²) in [5, 5.41) is 0.831. The summed E-state index contributed by atoms with van der Waals surface area (Å²) in [4.78, 5) is 0. The van der Waals surface area contributed by atoms with Gasteiger partial charge in [0.25, 0.3) is 0 Å². The zero-order valence-electron chi connectivity index (χ0n) is 10.8. The smallest absolute Gasteiger partial charge is 0.123 e. The Hall–Kier alpha value is -1.35. The summed E-state index contributed by atoms with van der Waals surface area (Å²) in [6.45, 7) is 2.42. The molecule has 0 aliphatic rings. The number of ether oxygens (including phenoxy) is 1. The van der Waals surface area contributed by atoms with Gasteiger partial charge in [0.15, 0.2) is 0 Å². The number of halogens is 2. The van der Waals surface area contributed by atoms with E-state index in [0.29, 0.717) is 6.61 Å². The van der Waals surface area contributed by atoms with Gasteiger partial charge < -0.3 is 4.74 Å². The van der Waals surface area contributed by atoms with Crippen LogP contribution in [0.2, 0.25) is 0 Å². The molecule has 0 aliphatic heterocycles. The van der Waals surface area contributed by atoms with Crippen molar-refractivity contribution in [3.05, 3.63) is 65.5 Å². The van der Waals surface area contributed by atoms with E-state index in [1.807, 2.05) is 25.1 Å². The van der Waals surface area contributed by atoms with Crippen molar-refractivity contribution in [1.82, 2.24) is 0 Å². The molecule has 0 spiro atoms. The number of hydrogen-bond donors (Lipinski definition) is 0. The first-order chi connectivity index (χ1) is 9.20. The third-order valence-corrected chi connectivity index (χ3v) is 3.82. The third-order valence-electron chi connectivity index (χ3n) is 3.03. The molecule has 100 valence electrons. The molecular weight excluding hydrogens is 307 g/mol. The van der Waals surface area contributed by atoms with Crippen LogP contribution in [0.1, 0.15) is 17.0 Å². The Balaban J connectivity index is 2.04. The maximum absolute atomic E-state index is 13.0. The van der Waals surface area contributed by atoms with Crippen molar-refractivity contribution in [2.75, 3.05) is 11.9 Å². The third kappa shape index (κ3) is 3.80. The Labute approximate surface area is 121 Å². The van der Waals surface area contributed by atoms with E-state index in [1.165, 1.54) is 17.7 Å². The van der Waals surface area contributed by atoms with Crippen molar-refractivity contribution in [2.24, 2.45) is 0 Å². The molecule has 0 N–H and O–H groups in total. The minimum atomic E-state index is -0.232. The highest BCUT2D eigenvalue weighted by molar-refractivity contribution is 9.09. The Morgan fingerprint density at radius 3 is 2.53 bits per heavy atom. The lowest BCUT2D eigenvalue weighted by atomic mass is 10.0. The largest absolute Gasteiger partial charge is 0.493 e. The molecule has 0 heterocycles. The van der Waals surface area contributed by atoms with Crippen LogP contribution < -0.4 is 4.74 Å². The SMILES string of the molecule is Cc1cc(F)ccc1OCC(CBr)c1ccccc1. The Morgan fingerprint density at radius 1 is 1.16 bits per heavy atom. The highest BCUT2D eigenvalue weighted by Gasteiger charge is 2.11. The molecule has 0 amide bonds. The first-order valence-electron chi connectivity index (χ1n) is 6.20. The maximum Gasteiger partial charge on any atom is 0.123 e. The van der Waals surface area contributed by atoms with Crippen molar-refractivity contribution < 1.29 is 9.13 Å². The van der Waals surface area contributed by atoms with E-state index in [0.717, 1.165) is 16.6 Å². The minimum absolute atomic E-state index is 0.232.